The van der Waals surface area contributed by atoms with Crippen molar-refractivity contribution in [1.29, 1.82) is 0 Å². The van der Waals surface area contributed by atoms with Crippen molar-refractivity contribution in [2.75, 3.05) is 20.3 Å². The molecule has 10 heteroatoms. The highest BCUT2D eigenvalue weighted by atomic mass is 19.3. The van der Waals surface area contributed by atoms with Gasteiger partial charge in [-0.1, -0.05) is 32.0 Å². The number of Topliss-reactive ketones (excluding diaryl/α,β-unsaturated/α-hetero) is 1. The lowest BCUT2D eigenvalue weighted by atomic mass is 10.1. The van der Waals surface area contributed by atoms with Crippen molar-refractivity contribution in [3.8, 4) is 5.75 Å². The number of carbonyl (C=O) groups excluding carboxylic acids is 2. The second-order valence-electron chi connectivity index (χ2n) is 7.26. The lowest BCUT2D eigenvalue weighted by Gasteiger charge is -2.10. The van der Waals surface area contributed by atoms with Crippen molar-refractivity contribution in [2.24, 2.45) is 0 Å². The predicted octanol–water partition coefficient (Wildman–Crippen LogP) is 6.16. The third-order valence-corrected chi connectivity index (χ3v) is 4.98. The largest absolute Gasteiger partial charge is 0.488 e. The van der Waals surface area contributed by atoms with Gasteiger partial charge in [0, 0.05) is 30.4 Å². The number of aromatic nitrogens is 1. The topological polar surface area (TPSA) is 71.6 Å². The second-order valence-corrected chi connectivity index (χ2v) is 7.26. The Bertz CT molecular complexity index is 1060. The van der Waals surface area contributed by atoms with Gasteiger partial charge in [-0.2, -0.15) is 8.78 Å². The molecule has 0 bridgehead atoms. The molecule has 1 unspecified atom stereocenters. The predicted molar refractivity (Wildman–Crippen MR) is 131 cm³/mol. The van der Waals surface area contributed by atoms with Crippen LogP contribution in [0.25, 0.3) is 10.9 Å². The average molecular weight is 513 g/mol. The van der Waals surface area contributed by atoms with E-state index in [1.807, 2.05) is 32.0 Å². The maximum absolute atomic E-state index is 12.9. The van der Waals surface area contributed by atoms with E-state index in [1.165, 1.54) is 24.0 Å². The summed E-state index contributed by atoms with van der Waals surface area (Å²) in [6.07, 6.45) is 2.36. The number of benzene rings is 2. The summed E-state index contributed by atoms with van der Waals surface area (Å²) in [6, 6.07) is 11.7. The molecule has 0 spiro atoms. The van der Waals surface area contributed by atoms with Crippen LogP contribution in [0.5, 0.6) is 5.75 Å². The monoisotopic (exact) mass is 512 g/mol. The number of nitrogens with zero attached hydrogens (tertiary/aromatic N) is 1. The number of carbonyl (C=O) groups is 2. The minimum atomic E-state index is -2.73. The zero-order valence-corrected chi connectivity index (χ0v) is 20.8. The van der Waals surface area contributed by atoms with Crippen molar-refractivity contribution in [3.05, 3.63) is 65.6 Å². The van der Waals surface area contributed by atoms with Crippen molar-refractivity contribution < 1.29 is 36.6 Å². The number of likely N-dealkylation sites (tertiary alicyclic amines) is 1. The molecule has 1 atom stereocenters. The molecule has 0 saturated carbocycles. The van der Waals surface area contributed by atoms with E-state index in [0.717, 1.165) is 16.5 Å². The average Bonchev–Trinajstić information content (AvgIpc) is 3.53. The van der Waals surface area contributed by atoms with Crippen LogP contribution in [-0.4, -0.2) is 55.1 Å². The molecule has 1 amide bonds. The molecule has 2 heterocycles. The summed E-state index contributed by atoms with van der Waals surface area (Å²) in [5.41, 5.74) is 2.34. The van der Waals surface area contributed by atoms with Crippen LogP contribution < -0.4 is 4.74 Å². The summed E-state index contributed by atoms with van der Waals surface area (Å²) in [7, 11) is 0.500. The number of hydrogen-bond donors (Lipinski definition) is 1. The van der Waals surface area contributed by atoms with Gasteiger partial charge in [-0.15, -0.1) is 0 Å². The van der Waals surface area contributed by atoms with Gasteiger partial charge >= 0.3 is 6.61 Å². The molecule has 1 aliphatic heterocycles. The zero-order valence-electron chi connectivity index (χ0n) is 20.8. The molecular weight excluding hydrogens is 480 g/mol. The van der Waals surface area contributed by atoms with Crippen molar-refractivity contribution in [1.82, 2.24) is 9.88 Å². The minimum absolute atomic E-state index is 0.0147. The van der Waals surface area contributed by atoms with E-state index in [2.05, 4.69) is 9.72 Å². The van der Waals surface area contributed by atoms with E-state index < -0.39 is 12.7 Å². The highest BCUT2D eigenvalue weighted by Crippen LogP contribution is 2.29. The van der Waals surface area contributed by atoms with E-state index >= 15 is 0 Å². The first-order chi connectivity index (χ1) is 17.4. The Balaban J connectivity index is 0.000000366. The quantitative estimate of drug-likeness (QED) is 0.234. The van der Waals surface area contributed by atoms with Gasteiger partial charge in [0.15, 0.2) is 5.78 Å². The summed E-state index contributed by atoms with van der Waals surface area (Å²) < 4.78 is 55.6. The van der Waals surface area contributed by atoms with Gasteiger partial charge in [0.05, 0.1) is 18.7 Å². The molecule has 4 rings (SSSR count). The van der Waals surface area contributed by atoms with Gasteiger partial charge in [-0.25, -0.2) is 4.39 Å². The van der Waals surface area contributed by atoms with E-state index in [-0.39, 0.29) is 18.1 Å². The lowest BCUT2D eigenvalue weighted by molar-refractivity contribution is -0.159. The standard InChI is InChI=1S/C17H14FNO2.C6H9F2NO2.C2H6.CH3F/c1-11(20)14-9-19-15-3-2-4-16(17(14)15)21-10-12-5-7-13(18)8-6-12;7-6(8)11-5-1-2-9(3-5)4-10;2*1-2/h2-9,19H,10H2,1H3;4-6H,1-3H2;1-2H3;1H3. The molecular formula is C26H32F4N2O4. The van der Waals surface area contributed by atoms with Gasteiger partial charge in [-0.3, -0.25) is 14.0 Å². The number of halogens is 4. The summed E-state index contributed by atoms with van der Waals surface area (Å²) in [6.45, 7) is 3.92. The molecule has 1 saturated heterocycles. The van der Waals surface area contributed by atoms with Crippen LogP contribution in [0.2, 0.25) is 0 Å². The molecule has 1 N–H and O–H groups in total. The molecule has 6 nitrogen and oxygen atoms in total. The number of amides is 1. The summed E-state index contributed by atoms with van der Waals surface area (Å²) in [4.78, 5) is 26.3. The number of alkyl halides is 3. The van der Waals surface area contributed by atoms with E-state index in [0.29, 0.717) is 44.5 Å². The third-order valence-electron chi connectivity index (χ3n) is 4.98. The Kier molecular flexibility index (Phi) is 13.9. The third kappa shape index (κ3) is 9.33. The fourth-order valence-electron chi connectivity index (χ4n) is 3.40. The SMILES string of the molecule is CC.CC(=O)c1c[nH]c2cccc(OCc3ccc(F)cc3)c12.CF.O=CN1CCC(OC(F)F)C1. The van der Waals surface area contributed by atoms with E-state index in [9.17, 15) is 27.2 Å². The summed E-state index contributed by atoms with van der Waals surface area (Å²) in [5.74, 6) is 0.354. The van der Waals surface area contributed by atoms with Crippen molar-refractivity contribution in [2.45, 2.75) is 46.5 Å². The number of aromatic amines is 1. The number of ether oxygens (including phenoxy) is 2. The molecule has 1 aliphatic rings. The zero-order chi connectivity index (χ0) is 27.1. The van der Waals surface area contributed by atoms with Crippen molar-refractivity contribution >= 4 is 23.1 Å². The molecule has 1 aromatic heterocycles. The second kappa shape index (κ2) is 16.3. The molecule has 0 aliphatic carbocycles. The Morgan fingerprint density at radius 1 is 1.17 bits per heavy atom. The number of fused-ring (bicyclic) bond motifs is 1. The normalized spacial score (nSPS) is 14.1. The molecule has 3 aromatic rings. The molecule has 36 heavy (non-hydrogen) atoms. The van der Waals surface area contributed by atoms with Gasteiger partial charge in [0.2, 0.25) is 6.41 Å². The van der Waals surface area contributed by atoms with Gasteiger partial charge < -0.3 is 19.4 Å². The number of ketones is 1. The molecule has 0 radical (unpaired) electrons. The first-order valence-electron chi connectivity index (χ1n) is 11.4. The van der Waals surface area contributed by atoms with Crippen LogP contribution in [-0.2, 0) is 16.1 Å². The van der Waals surface area contributed by atoms with Crippen LogP contribution in [0, 0.1) is 5.82 Å². The smallest absolute Gasteiger partial charge is 0.345 e. The van der Waals surface area contributed by atoms with Crippen LogP contribution in [0.15, 0.2) is 48.7 Å². The number of hydrogen-bond acceptors (Lipinski definition) is 4. The Morgan fingerprint density at radius 2 is 1.83 bits per heavy atom. The fourth-order valence-corrected chi connectivity index (χ4v) is 3.40. The van der Waals surface area contributed by atoms with Gasteiger partial charge in [-0.05, 0) is 43.2 Å². The van der Waals surface area contributed by atoms with Crippen molar-refractivity contribution in [3.63, 3.8) is 0 Å². The maximum Gasteiger partial charge on any atom is 0.345 e. The molecule has 1 fully saturated rings. The van der Waals surface area contributed by atoms with E-state index in [4.69, 9.17) is 4.74 Å². The van der Waals surface area contributed by atoms with Crippen LogP contribution >= 0.6 is 0 Å². The number of H-pyrrole nitrogens is 1. The Hall–Kier alpha value is -3.40. The van der Waals surface area contributed by atoms with E-state index in [1.54, 1.807) is 18.3 Å². The molecule has 2 aromatic carbocycles. The highest BCUT2D eigenvalue weighted by Gasteiger charge is 2.24. The first-order valence-corrected chi connectivity index (χ1v) is 11.4. The Labute approximate surface area is 208 Å². The summed E-state index contributed by atoms with van der Waals surface area (Å²) >= 11 is 0. The van der Waals surface area contributed by atoms with Gasteiger partial charge in [0.25, 0.3) is 0 Å². The van der Waals surface area contributed by atoms with Crippen LogP contribution in [0.3, 0.4) is 0 Å². The minimum Gasteiger partial charge on any atom is -0.488 e. The molecule has 198 valence electrons. The Morgan fingerprint density at radius 3 is 2.39 bits per heavy atom. The van der Waals surface area contributed by atoms with Crippen LogP contribution in [0.1, 0.15) is 43.1 Å². The fraction of sp³-hybridized carbons (Fsp3) is 0.385. The highest BCUT2D eigenvalue weighted by molar-refractivity contribution is 6.08. The number of rotatable bonds is 7. The van der Waals surface area contributed by atoms with Crippen LogP contribution in [0.4, 0.5) is 17.6 Å². The summed E-state index contributed by atoms with van der Waals surface area (Å²) in [5, 5.41) is 0.784. The first kappa shape index (κ1) is 30.6. The number of nitrogens with one attached hydrogen (secondary N) is 1. The van der Waals surface area contributed by atoms with Gasteiger partial charge in [0.1, 0.15) is 18.2 Å². The maximum atomic E-state index is 12.9. The lowest BCUT2D eigenvalue weighted by Crippen LogP contribution is -2.23.